The molecule has 2 N–H and O–H groups in total. The van der Waals surface area contributed by atoms with Gasteiger partial charge in [-0.05, 0) is 26.0 Å². The molecule has 0 amide bonds. The van der Waals surface area contributed by atoms with E-state index in [1.807, 2.05) is 26.0 Å². The van der Waals surface area contributed by atoms with Crippen LogP contribution in [0.2, 0.25) is 0 Å². The Morgan fingerprint density at radius 3 is 2.79 bits per heavy atom. The van der Waals surface area contributed by atoms with Crippen molar-refractivity contribution in [2.45, 2.75) is 19.9 Å². The normalized spacial score (nSPS) is 13.1. The molecule has 0 saturated carbocycles. The molecule has 2 aromatic rings. The lowest BCUT2D eigenvalue weighted by atomic mass is 10.4. The molecule has 0 saturated heterocycles. The number of nitrogens with two attached hydrogens (primary N) is 1. The Hall–Kier alpha value is -1.20. The third-order valence-corrected chi connectivity index (χ3v) is 2.79. The van der Waals surface area contributed by atoms with Crippen LogP contribution in [0.1, 0.15) is 23.7 Å². The molecule has 2 rings (SSSR count). The van der Waals surface area contributed by atoms with Crippen LogP contribution in [0.3, 0.4) is 0 Å². The van der Waals surface area contributed by atoms with Crippen LogP contribution in [0, 0.1) is 6.92 Å². The Bertz CT molecular complexity index is 433. The topological polar surface area (TPSA) is 64.9 Å². The van der Waals surface area contributed by atoms with Gasteiger partial charge in [-0.25, -0.2) is 0 Å². The van der Waals surface area contributed by atoms with E-state index in [1.165, 1.54) is 4.88 Å². The van der Waals surface area contributed by atoms with E-state index in [0.29, 0.717) is 11.7 Å². The third kappa shape index (κ3) is 1.69. The summed E-state index contributed by atoms with van der Waals surface area (Å²) in [5.74, 6) is 1.10. The van der Waals surface area contributed by atoms with Crippen LogP contribution in [0.4, 0.5) is 0 Å². The highest BCUT2D eigenvalue weighted by atomic mass is 32.1. The molecule has 0 aromatic carbocycles. The fraction of sp³-hybridized carbons (Fsp3) is 0.333. The largest absolute Gasteiger partial charge is 0.337 e. The lowest BCUT2D eigenvalue weighted by Crippen LogP contribution is -2.04. The number of aryl methyl sites for hydroxylation is 1. The first kappa shape index (κ1) is 9.36. The molecule has 4 nitrogen and oxygen atoms in total. The quantitative estimate of drug-likeness (QED) is 0.822. The maximum atomic E-state index is 5.62. The van der Waals surface area contributed by atoms with Crippen LogP contribution in [-0.2, 0) is 0 Å². The highest BCUT2D eigenvalue weighted by molar-refractivity contribution is 7.15. The van der Waals surface area contributed by atoms with Crippen molar-refractivity contribution >= 4 is 11.3 Å². The Labute approximate surface area is 85.7 Å². The predicted octanol–water partition coefficient (Wildman–Crippen LogP) is 2.13. The van der Waals surface area contributed by atoms with Crippen LogP contribution in [0.5, 0.6) is 0 Å². The van der Waals surface area contributed by atoms with Crippen molar-refractivity contribution in [2.75, 3.05) is 0 Å². The molecule has 2 heterocycles. The second kappa shape index (κ2) is 3.51. The first-order valence-electron chi connectivity index (χ1n) is 4.33. The minimum absolute atomic E-state index is 0.211. The van der Waals surface area contributed by atoms with Gasteiger partial charge in [0.25, 0.3) is 0 Å². The summed E-state index contributed by atoms with van der Waals surface area (Å²) in [6, 6.07) is 3.80. The molecular weight excluding hydrogens is 198 g/mol. The van der Waals surface area contributed by atoms with Crippen molar-refractivity contribution in [1.82, 2.24) is 10.1 Å². The van der Waals surface area contributed by atoms with Crippen molar-refractivity contribution in [1.29, 1.82) is 0 Å². The Morgan fingerprint density at radius 2 is 2.29 bits per heavy atom. The summed E-state index contributed by atoms with van der Waals surface area (Å²) < 4.78 is 5.01. The molecule has 14 heavy (non-hydrogen) atoms. The first-order chi connectivity index (χ1) is 6.66. The molecule has 2 aromatic heterocycles. The average Bonchev–Trinajstić information content (AvgIpc) is 2.70. The van der Waals surface area contributed by atoms with Crippen molar-refractivity contribution in [3.63, 3.8) is 0 Å². The van der Waals surface area contributed by atoms with Crippen LogP contribution >= 0.6 is 11.3 Å². The predicted molar refractivity (Wildman–Crippen MR) is 55.0 cm³/mol. The van der Waals surface area contributed by atoms with E-state index in [0.717, 1.165) is 4.88 Å². The van der Waals surface area contributed by atoms with E-state index < -0.39 is 0 Å². The summed E-state index contributed by atoms with van der Waals surface area (Å²) in [6.07, 6.45) is 0. The minimum Gasteiger partial charge on any atom is -0.337 e. The Kier molecular flexibility index (Phi) is 2.35. The molecule has 0 aliphatic carbocycles. The summed E-state index contributed by atoms with van der Waals surface area (Å²) in [7, 11) is 0. The number of hydrogen-bond acceptors (Lipinski definition) is 5. The fourth-order valence-corrected chi connectivity index (χ4v) is 1.87. The van der Waals surface area contributed by atoms with E-state index in [2.05, 4.69) is 10.1 Å². The molecule has 0 aliphatic heterocycles. The Morgan fingerprint density at radius 1 is 1.50 bits per heavy atom. The zero-order chi connectivity index (χ0) is 10.1. The van der Waals surface area contributed by atoms with E-state index in [-0.39, 0.29) is 6.04 Å². The fourth-order valence-electron chi connectivity index (χ4n) is 1.07. The zero-order valence-corrected chi connectivity index (χ0v) is 8.84. The minimum atomic E-state index is -0.211. The Balaban J connectivity index is 2.33. The van der Waals surface area contributed by atoms with Crippen LogP contribution in [0.15, 0.2) is 16.7 Å². The van der Waals surface area contributed by atoms with Gasteiger partial charge in [0.1, 0.15) is 0 Å². The molecule has 0 radical (unpaired) electrons. The molecule has 0 aliphatic rings. The molecule has 5 heteroatoms. The molecule has 0 bridgehead atoms. The van der Waals surface area contributed by atoms with E-state index >= 15 is 0 Å². The maximum absolute atomic E-state index is 5.62. The number of hydrogen-bond donors (Lipinski definition) is 1. The summed E-state index contributed by atoms with van der Waals surface area (Å²) in [5.41, 5.74) is 5.62. The van der Waals surface area contributed by atoms with Gasteiger partial charge in [0.05, 0.1) is 10.9 Å². The van der Waals surface area contributed by atoms with Gasteiger partial charge in [0.15, 0.2) is 0 Å². The summed E-state index contributed by atoms with van der Waals surface area (Å²) in [6.45, 7) is 3.86. The van der Waals surface area contributed by atoms with Crippen molar-refractivity contribution in [2.24, 2.45) is 5.73 Å². The summed E-state index contributed by atoms with van der Waals surface area (Å²) in [4.78, 5) is 6.44. The standard InChI is InChI=1S/C9H11N3OS/c1-5-3-4-7(14-5)8-11-9(6(2)10)13-12-8/h3-4,6H,10H2,1-2H3. The second-order valence-corrected chi connectivity index (χ2v) is 4.44. The average molecular weight is 209 g/mol. The molecular formula is C9H11N3OS. The zero-order valence-electron chi connectivity index (χ0n) is 8.02. The number of nitrogens with zero attached hydrogens (tertiary/aromatic N) is 2. The van der Waals surface area contributed by atoms with Gasteiger partial charge in [0, 0.05) is 4.88 Å². The van der Waals surface area contributed by atoms with Crippen molar-refractivity contribution < 1.29 is 4.52 Å². The van der Waals surface area contributed by atoms with Gasteiger partial charge in [-0.3, -0.25) is 0 Å². The van der Waals surface area contributed by atoms with Crippen LogP contribution in [-0.4, -0.2) is 10.1 Å². The molecule has 74 valence electrons. The van der Waals surface area contributed by atoms with E-state index in [4.69, 9.17) is 10.3 Å². The third-order valence-electron chi connectivity index (χ3n) is 1.79. The highest BCUT2D eigenvalue weighted by Crippen LogP contribution is 2.25. The summed E-state index contributed by atoms with van der Waals surface area (Å²) in [5, 5.41) is 3.87. The molecule has 1 atom stereocenters. The molecule has 1 unspecified atom stereocenters. The lowest BCUT2D eigenvalue weighted by molar-refractivity contribution is 0.362. The van der Waals surface area contributed by atoms with Gasteiger partial charge < -0.3 is 10.3 Å². The number of aromatic nitrogens is 2. The highest BCUT2D eigenvalue weighted by Gasteiger charge is 2.12. The second-order valence-electron chi connectivity index (χ2n) is 3.16. The van der Waals surface area contributed by atoms with Crippen LogP contribution in [0.25, 0.3) is 10.7 Å². The lowest BCUT2D eigenvalue weighted by Gasteiger charge is -1.92. The number of thiophene rings is 1. The van der Waals surface area contributed by atoms with Crippen molar-refractivity contribution in [3.8, 4) is 10.7 Å². The molecule has 0 spiro atoms. The maximum Gasteiger partial charge on any atom is 0.243 e. The first-order valence-corrected chi connectivity index (χ1v) is 5.14. The van der Waals surface area contributed by atoms with Gasteiger partial charge in [-0.15, -0.1) is 11.3 Å². The van der Waals surface area contributed by atoms with Crippen molar-refractivity contribution in [3.05, 3.63) is 22.9 Å². The number of rotatable bonds is 2. The summed E-state index contributed by atoms with van der Waals surface area (Å²) >= 11 is 1.64. The van der Waals surface area contributed by atoms with Gasteiger partial charge in [-0.2, -0.15) is 4.98 Å². The van der Waals surface area contributed by atoms with E-state index in [9.17, 15) is 0 Å². The monoisotopic (exact) mass is 209 g/mol. The molecule has 0 fully saturated rings. The van der Waals surface area contributed by atoms with Crippen LogP contribution < -0.4 is 5.73 Å². The van der Waals surface area contributed by atoms with Gasteiger partial charge in [-0.1, -0.05) is 5.16 Å². The van der Waals surface area contributed by atoms with Gasteiger partial charge in [0.2, 0.25) is 11.7 Å². The van der Waals surface area contributed by atoms with Gasteiger partial charge >= 0.3 is 0 Å². The smallest absolute Gasteiger partial charge is 0.243 e. The SMILES string of the molecule is Cc1ccc(-c2noc(C(C)N)n2)s1. The van der Waals surface area contributed by atoms with E-state index in [1.54, 1.807) is 11.3 Å².